The van der Waals surface area contributed by atoms with Gasteiger partial charge in [-0.1, -0.05) is 18.5 Å². The number of hydrogen-bond donors (Lipinski definition) is 2. The van der Waals surface area contributed by atoms with Gasteiger partial charge in [-0.15, -0.1) is 0 Å². The van der Waals surface area contributed by atoms with Crippen LogP contribution in [-0.2, 0) is 4.79 Å². The van der Waals surface area contributed by atoms with E-state index in [4.69, 9.17) is 16.3 Å². The minimum absolute atomic E-state index is 0.0599. The SMILES string of the molecule is CC1CC(Nc2cc3c(cc2Cl)NC(=O)CO3)CS1. The summed E-state index contributed by atoms with van der Waals surface area (Å²) in [6.45, 7) is 2.30. The Kier molecular flexibility index (Phi) is 3.50. The van der Waals surface area contributed by atoms with Crippen molar-refractivity contribution in [1.29, 1.82) is 0 Å². The van der Waals surface area contributed by atoms with Gasteiger partial charge >= 0.3 is 0 Å². The molecule has 0 spiro atoms. The molecule has 0 radical (unpaired) electrons. The molecular weight excluding hydrogens is 284 g/mol. The second-order valence-electron chi connectivity index (χ2n) is 4.89. The lowest BCUT2D eigenvalue weighted by Gasteiger charge is -2.21. The zero-order valence-corrected chi connectivity index (χ0v) is 12.1. The number of nitrogens with one attached hydrogen (secondary N) is 2. The first-order chi connectivity index (χ1) is 9.11. The number of thioether (sulfide) groups is 1. The maximum Gasteiger partial charge on any atom is 0.262 e. The highest BCUT2D eigenvalue weighted by molar-refractivity contribution is 8.00. The average Bonchev–Trinajstić information content (AvgIpc) is 2.76. The molecule has 4 nitrogen and oxygen atoms in total. The number of halogens is 1. The van der Waals surface area contributed by atoms with Gasteiger partial charge in [-0.2, -0.15) is 11.8 Å². The van der Waals surface area contributed by atoms with E-state index in [0.29, 0.717) is 27.8 Å². The van der Waals surface area contributed by atoms with Gasteiger partial charge in [0.2, 0.25) is 0 Å². The smallest absolute Gasteiger partial charge is 0.262 e. The highest BCUT2D eigenvalue weighted by Gasteiger charge is 2.24. The fraction of sp³-hybridized carbons (Fsp3) is 0.462. The van der Waals surface area contributed by atoms with E-state index >= 15 is 0 Å². The van der Waals surface area contributed by atoms with Crippen molar-refractivity contribution in [3.63, 3.8) is 0 Å². The number of rotatable bonds is 2. The van der Waals surface area contributed by atoms with Crippen LogP contribution in [0.5, 0.6) is 5.75 Å². The molecular formula is C13H15ClN2O2S. The summed E-state index contributed by atoms with van der Waals surface area (Å²) in [4.78, 5) is 11.2. The molecule has 1 saturated heterocycles. The summed E-state index contributed by atoms with van der Waals surface area (Å²) < 4.78 is 5.40. The molecule has 2 atom stereocenters. The predicted octanol–water partition coefficient (Wildman–Crippen LogP) is 2.98. The molecule has 3 rings (SSSR count). The molecule has 2 aliphatic rings. The Labute approximate surface area is 121 Å². The highest BCUT2D eigenvalue weighted by atomic mass is 35.5. The van der Waals surface area contributed by atoms with E-state index in [1.54, 1.807) is 6.07 Å². The van der Waals surface area contributed by atoms with Gasteiger partial charge in [0.25, 0.3) is 5.91 Å². The zero-order chi connectivity index (χ0) is 13.4. The number of ether oxygens (including phenoxy) is 1. The van der Waals surface area contributed by atoms with Crippen LogP contribution in [0, 0.1) is 0 Å². The van der Waals surface area contributed by atoms with Gasteiger partial charge in [0, 0.05) is 23.1 Å². The van der Waals surface area contributed by atoms with Crippen molar-refractivity contribution >= 4 is 40.6 Å². The van der Waals surface area contributed by atoms with Crippen molar-refractivity contribution in [3.8, 4) is 5.75 Å². The van der Waals surface area contributed by atoms with Gasteiger partial charge in [0.15, 0.2) is 6.61 Å². The van der Waals surface area contributed by atoms with E-state index in [9.17, 15) is 4.79 Å². The lowest BCUT2D eigenvalue weighted by Crippen LogP contribution is -2.26. The third kappa shape index (κ3) is 2.77. The summed E-state index contributed by atoms with van der Waals surface area (Å²) in [7, 11) is 0. The third-order valence-corrected chi connectivity index (χ3v) is 4.93. The predicted molar refractivity (Wildman–Crippen MR) is 79.5 cm³/mol. The Morgan fingerprint density at radius 2 is 2.37 bits per heavy atom. The van der Waals surface area contributed by atoms with Crippen LogP contribution in [0.1, 0.15) is 13.3 Å². The van der Waals surface area contributed by atoms with Crippen molar-refractivity contribution in [2.24, 2.45) is 0 Å². The van der Waals surface area contributed by atoms with Crippen LogP contribution in [0.4, 0.5) is 11.4 Å². The minimum Gasteiger partial charge on any atom is -0.482 e. The molecule has 0 saturated carbocycles. The lowest BCUT2D eigenvalue weighted by molar-refractivity contribution is -0.118. The van der Waals surface area contributed by atoms with Crippen molar-refractivity contribution in [2.45, 2.75) is 24.6 Å². The number of amides is 1. The molecule has 1 amide bonds. The van der Waals surface area contributed by atoms with Gasteiger partial charge < -0.3 is 15.4 Å². The topological polar surface area (TPSA) is 50.4 Å². The van der Waals surface area contributed by atoms with E-state index < -0.39 is 0 Å². The molecule has 2 aliphatic heterocycles. The second kappa shape index (κ2) is 5.13. The fourth-order valence-corrected chi connectivity index (χ4v) is 3.72. The summed E-state index contributed by atoms with van der Waals surface area (Å²) in [5.74, 6) is 1.61. The number of benzene rings is 1. The summed E-state index contributed by atoms with van der Waals surface area (Å²) in [5.41, 5.74) is 1.51. The van der Waals surface area contributed by atoms with Crippen LogP contribution in [-0.4, -0.2) is 29.6 Å². The number of hydrogen-bond acceptors (Lipinski definition) is 4. The molecule has 0 aromatic heterocycles. The molecule has 1 aromatic carbocycles. The number of carbonyl (C=O) groups excluding carboxylic acids is 1. The fourth-order valence-electron chi connectivity index (χ4n) is 2.35. The van der Waals surface area contributed by atoms with Crippen LogP contribution in [0.15, 0.2) is 12.1 Å². The van der Waals surface area contributed by atoms with Gasteiger partial charge in [-0.05, 0) is 12.5 Å². The van der Waals surface area contributed by atoms with Crippen molar-refractivity contribution in [2.75, 3.05) is 23.0 Å². The molecule has 2 N–H and O–H groups in total. The van der Waals surface area contributed by atoms with Crippen LogP contribution in [0.2, 0.25) is 5.02 Å². The van der Waals surface area contributed by atoms with Gasteiger partial charge in [-0.25, -0.2) is 0 Å². The Bertz CT molecular complexity index is 524. The van der Waals surface area contributed by atoms with Crippen molar-refractivity contribution in [3.05, 3.63) is 17.2 Å². The van der Waals surface area contributed by atoms with E-state index in [1.807, 2.05) is 17.8 Å². The minimum atomic E-state index is -0.148. The highest BCUT2D eigenvalue weighted by Crippen LogP contribution is 2.38. The summed E-state index contributed by atoms with van der Waals surface area (Å²) in [6.07, 6.45) is 1.13. The molecule has 1 aromatic rings. The Hall–Kier alpha value is -1.07. The maximum atomic E-state index is 11.2. The van der Waals surface area contributed by atoms with E-state index in [2.05, 4.69) is 17.6 Å². The Balaban J connectivity index is 1.80. The molecule has 6 heteroatoms. The van der Waals surface area contributed by atoms with E-state index in [1.165, 1.54) is 0 Å². The summed E-state index contributed by atoms with van der Waals surface area (Å²) in [6, 6.07) is 4.04. The first kappa shape index (κ1) is 12.9. The van der Waals surface area contributed by atoms with Crippen molar-refractivity contribution in [1.82, 2.24) is 0 Å². The quantitative estimate of drug-likeness (QED) is 0.881. The number of anilines is 2. The number of fused-ring (bicyclic) bond motifs is 1. The maximum absolute atomic E-state index is 11.2. The van der Waals surface area contributed by atoms with Crippen LogP contribution in [0.3, 0.4) is 0 Å². The summed E-state index contributed by atoms with van der Waals surface area (Å²) in [5, 5.41) is 7.49. The van der Waals surface area contributed by atoms with E-state index in [-0.39, 0.29) is 12.5 Å². The van der Waals surface area contributed by atoms with Crippen LogP contribution in [0.25, 0.3) is 0 Å². The first-order valence-electron chi connectivity index (χ1n) is 6.26. The molecule has 2 heterocycles. The molecule has 19 heavy (non-hydrogen) atoms. The van der Waals surface area contributed by atoms with Crippen LogP contribution < -0.4 is 15.4 Å². The third-order valence-electron chi connectivity index (χ3n) is 3.26. The van der Waals surface area contributed by atoms with E-state index in [0.717, 1.165) is 17.9 Å². The Morgan fingerprint density at radius 3 is 3.11 bits per heavy atom. The van der Waals surface area contributed by atoms with Crippen LogP contribution >= 0.6 is 23.4 Å². The molecule has 102 valence electrons. The Morgan fingerprint density at radius 1 is 1.53 bits per heavy atom. The van der Waals surface area contributed by atoms with Gasteiger partial charge in [-0.3, -0.25) is 4.79 Å². The van der Waals surface area contributed by atoms with Gasteiger partial charge in [0.1, 0.15) is 5.75 Å². The standard InChI is InChI=1S/C13H15ClN2O2S/c1-7-2-8(6-19-7)15-10-4-12-11(3-9(10)14)16-13(17)5-18-12/h3-4,7-8,15H,2,5-6H2,1H3,(H,16,17). The van der Waals surface area contributed by atoms with Crippen molar-refractivity contribution < 1.29 is 9.53 Å². The second-order valence-corrected chi connectivity index (χ2v) is 6.76. The average molecular weight is 299 g/mol. The lowest BCUT2D eigenvalue weighted by atomic mass is 10.1. The zero-order valence-electron chi connectivity index (χ0n) is 10.5. The first-order valence-corrected chi connectivity index (χ1v) is 7.69. The summed E-state index contributed by atoms with van der Waals surface area (Å²) >= 11 is 8.21. The largest absolute Gasteiger partial charge is 0.482 e. The molecule has 0 bridgehead atoms. The normalized spacial score (nSPS) is 25.5. The number of carbonyl (C=O) groups is 1. The molecule has 1 fully saturated rings. The molecule has 0 aliphatic carbocycles. The molecule has 2 unspecified atom stereocenters. The van der Waals surface area contributed by atoms with Gasteiger partial charge in [0.05, 0.1) is 16.4 Å². The monoisotopic (exact) mass is 298 g/mol.